The van der Waals surface area contributed by atoms with Gasteiger partial charge in [-0.15, -0.1) is 0 Å². The molecule has 242 valence electrons. The number of H-pyrrole nitrogens is 4. The van der Waals surface area contributed by atoms with Gasteiger partial charge >= 0.3 is 0 Å². The molecule has 52 heavy (non-hydrogen) atoms. The summed E-state index contributed by atoms with van der Waals surface area (Å²) in [6.45, 7) is 0. The molecule has 0 saturated carbocycles. The molecule has 2 aliphatic heterocycles. The molecule has 0 fully saturated rings. The third kappa shape index (κ3) is 3.52. The molecule has 10 heteroatoms. The minimum Gasteiger partial charge on any atom is -0.358 e. The lowest BCUT2D eigenvalue weighted by Gasteiger charge is -2.14. The molecule has 11 aromatic rings. The Hall–Kier alpha value is -7.20. The number of hydrogen-bond acceptors (Lipinski definition) is 6. The van der Waals surface area contributed by atoms with E-state index in [2.05, 4.69) is 92.7 Å². The van der Waals surface area contributed by atoms with E-state index >= 15 is 0 Å². The highest BCUT2D eigenvalue weighted by Crippen LogP contribution is 2.40. The molecule has 4 aromatic carbocycles. The summed E-state index contributed by atoms with van der Waals surface area (Å²) >= 11 is 0. The fourth-order valence-electron chi connectivity index (χ4n) is 8.36. The van der Waals surface area contributed by atoms with E-state index in [1.807, 2.05) is 24.3 Å². The molecular weight excluding hydrogens is 645 g/mol. The first-order valence-corrected chi connectivity index (χ1v) is 17.4. The SMILES string of the molecule is c1cc2c3nc4c(nc3c1)c1nc3cccc5c3nc1c1nc3c(ccc(c3nc41)-c1ccc([nH]1)Cc1ccc-2[nH]1)-c1ccc([nH]1)Cc1ccc-5[nH]1. The molecular formula is C42H24N10. The van der Waals surface area contributed by atoms with Crippen molar-refractivity contribution >= 4 is 66.2 Å². The highest BCUT2D eigenvalue weighted by Gasteiger charge is 2.24. The lowest BCUT2D eigenvalue weighted by atomic mass is 10.0. The third-order valence-electron chi connectivity index (χ3n) is 10.8. The van der Waals surface area contributed by atoms with Crippen molar-refractivity contribution in [2.45, 2.75) is 12.8 Å². The van der Waals surface area contributed by atoms with Crippen LogP contribution in [0.1, 0.15) is 22.8 Å². The molecule has 4 N–H and O–H groups in total. The standard InChI is InChI=1S/C42H24N10/c1-3-23-27-13-7-19(43-27)17-21-9-15-29(45-21)25-11-12-26-30-16-10-22(46-30)18-20-8-14-28(44-20)24-4-2-6-32-34(24)50-40-38(48-32)37-39(49-33(23)31(5-1)47-37)41-42(40)52-36(26)35(25)51-41/h1-16,43-46H,17-18H2. The molecule has 0 spiro atoms. The second kappa shape index (κ2) is 9.32. The number of aromatic nitrogens is 10. The summed E-state index contributed by atoms with van der Waals surface area (Å²) in [5.74, 6) is 0. The molecule has 0 aliphatic carbocycles. The van der Waals surface area contributed by atoms with E-state index in [-0.39, 0.29) is 0 Å². The lowest BCUT2D eigenvalue weighted by molar-refractivity contribution is 1.06. The van der Waals surface area contributed by atoms with Crippen LogP contribution in [0.5, 0.6) is 0 Å². The summed E-state index contributed by atoms with van der Waals surface area (Å²) in [5.41, 5.74) is 20.7. The van der Waals surface area contributed by atoms with Crippen LogP contribution in [0, 0.1) is 0 Å². The number of hydrogen-bond donors (Lipinski definition) is 4. The van der Waals surface area contributed by atoms with Crippen molar-refractivity contribution in [2.75, 3.05) is 0 Å². The molecule has 2 aliphatic rings. The Bertz CT molecular complexity index is 3150. The topological polar surface area (TPSA) is 140 Å². The van der Waals surface area contributed by atoms with E-state index in [1.165, 1.54) is 0 Å². The summed E-state index contributed by atoms with van der Waals surface area (Å²) in [6.07, 6.45) is 1.44. The van der Waals surface area contributed by atoms with Gasteiger partial charge in [-0.05, 0) is 72.8 Å². The predicted molar refractivity (Wildman–Crippen MR) is 203 cm³/mol. The zero-order chi connectivity index (χ0) is 33.7. The van der Waals surface area contributed by atoms with Gasteiger partial charge in [0.2, 0.25) is 0 Å². The van der Waals surface area contributed by atoms with Gasteiger partial charge in [-0.3, -0.25) is 0 Å². The Labute approximate surface area is 293 Å². The Morgan fingerprint density at radius 1 is 0.288 bits per heavy atom. The smallest absolute Gasteiger partial charge is 0.120 e. The minimum absolute atomic E-state index is 0.635. The monoisotopic (exact) mass is 668 g/mol. The fourth-order valence-corrected chi connectivity index (χ4v) is 8.36. The van der Waals surface area contributed by atoms with Gasteiger partial charge in [0.1, 0.15) is 33.1 Å². The first-order chi connectivity index (χ1) is 25.7. The Morgan fingerprint density at radius 2 is 0.615 bits per heavy atom. The van der Waals surface area contributed by atoms with Crippen LogP contribution in [0.2, 0.25) is 0 Å². The average Bonchev–Trinajstić information content (AvgIpc) is 4.01. The molecule has 9 heterocycles. The highest BCUT2D eigenvalue weighted by atomic mass is 14.9. The number of nitrogens with zero attached hydrogens (tertiary/aromatic N) is 6. The van der Waals surface area contributed by atoms with Gasteiger partial charge in [-0.25, -0.2) is 29.9 Å². The zero-order valence-corrected chi connectivity index (χ0v) is 27.3. The van der Waals surface area contributed by atoms with Crippen LogP contribution >= 0.6 is 0 Å². The van der Waals surface area contributed by atoms with Crippen molar-refractivity contribution in [3.05, 3.63) is 120 Å². The molecule has 0 saturated heterocycles. The zero-order valence-electron chi connectivity index (χ0n) is 27.3. The number of benzene rings is 4. The minimum atomic E-state index is 0.635. The van der Waals surface area contributed by atoms with Gasteiger partial charge in [-0.2, -0.15) is 0 Å². The van der Waals surface area contributed by atoms with Gasteiger partial charge in [-0.1, -0.05) is 24.3 Å². The number of aromatic amines is 4. The van der Waals surface area contributed by atoms with Crippen LogP contribution in [0.4, 0.5) is 0 Å². The van der Waals surface area contributed by atoms with Crippen LogP contribution < -0.4 is 0 Å². The molecule has 16 bridgehead atoms. The summed E-state index contributed by atoms with van der Waals surface area (Å²) in [5, 5.41) is 0. The first kappa shape index (κ1) is 26.6. The van der Waals surface area contributed by atoms with Crippen LogP contribution in [-0.2, 0) is 12.8 Å². The van der Waals surface area contributed by atoms with E-state index in [0.29, 0.717) is 33.1 Å². The molecule has 0 unspecified atom stereocenters. The van der Waals surface area contributed by atoms with Crippen LogP contribution in [-0.4, -0.2) is 49.8 Å². The van der Waals surface area contributed by atoms with Crippen molar-refractivity contribution in [2.24, 2.45) is 0 Å². The lowest BCUT2D eigenvalue weighted by Crippen LogP contribution is -2.01. The summed E-state index contributed by atoms with van der Waals surface area (Å²) in [4.78, 5) is 47.2. The average molecular weight is 669 g/mol. The third-order valence-corrected chi connectivity index (χ3v) is 10.8. The maximum absolute atomic E-state index is 5.54. The normalized spacial score (nSPS) is 13.2. The molecule has 13 rings (SSSR count). The molecule has 0 amide bonds. The fraction of sp³-hybridized carbons (Fsp3) is 0.0476. The van der Waals surface area contributed by atoms with E-state index in [4.69, 9.17) is 29.9 Å². The Morgan fingerprint density at radius 3 is 1.00 bits per heavy atom. The van der Waals surface area contributed by atoms with Crippen molar-refractivity contribution in [1.82, 2.24) is 49.8 Å². The maximum Gasteiger partial charge on any atom is 0.120 e. The van der Waals surface area contributed by atoms with Gasteiger partial charge in [0.25, 0.3) is 0 Å². The quantitative estimate of drug-likeness (QED) is 0.0941. The summed E-state index contributed by atoms with van der Waals surface area (Å²) in [6, 6.07) is 33.7. The van der Waals surface area contributed by atoms with E-state index in [9.17, 15) is 0 Å². The van der Waals surface area contributed by atoms with Crippen molar-refractivity contribution in [3.63, 3.8) is 0 Å². The van der Waals surface area contributed by atoms with Crippen molar-refractivity contribution in [1.29, 1.82) is 0 Å². The van der Waals surface area contributed by atoms with E-state index in [1.54, 1.807) is 0 Å². The van der Waals surface area contributed by atoms with Crippen molar-refractivity contribution in [3.8, 4) is 45.0 Å². The van der Waals surface area contributed by atoms with Crippen LogP contribution in [0.25, 0.3) is 111 Å². The second-order valence-corrected chi connectivity index (χ2v) is 13.9. The first-order valence-electron chi connectivity index (χ1n) is 17.4. The van der Waals surface area contributed by atoms with Crippen molar-refractivity contribution < 1.29 is 0 Å². The largest absolute Gasteiger partial charge is 0.358 e. The van der Waals surface area contributed by atoms with Gasteiger partial charge in [0.15, 0.2) is 0 Å². The van der Waals surface area contributed by atoms with Gasteiger partial charge in [0, 0.05) is 80.6 Å². The molecule has 0 radical (unpaired) electrons. The molecule has 7 aromatic heterocycles. The number of para-hydroxylation sites is 2. The summed E-state index contributed by atoms with van der Waals surface area (Å²) in [7, 11) is 0. The predicted octanol–water partition coefficient (Wildman–Crippen LogP) is 8.76. The summed E-state index contributed by atoms with van der Waals surface area (Å²) < 4.78 is 0. The Balaban J connectivity index is 1.29. The maximum atomic E-state index is 5.54. The molecule has 10 nitrogen and oxygen atoms in total. The Kier molecular flexibility index (Phi) is 4.77. The number of fused-ring (bicyclic) bond motifs is 13. The van der Waals surface area contributed by atoms with Crippen LogP contribution in [0.15, 0.2) is 97.1 Å². The van der Waals surface area contributed by atoms with Gasteiger partial charge < -0.3 is 19.9 Å². The van der Waals surface area contributed by atoms with E-state index < -0.39 is 0 Å². The highest BCUT2D eigenvalue weighted by molar-refractivity contribution is 6.22. The number of nitrogens with one attached hydrogen (secondary N) is 4. The molecule has 0 atom stereocenters. The number of rotatable bonds is 0. The van der Waals surface area contributed by atoms with Gasteiger partial charge in [0.05, 0.1) is 33.1 Å². The van der Waals surface area contributed by atoms with E-state index in [0.717, 1.165) is 114 Å². The van der Waals surface area contributed by atoms with Crippen LogP contribution in [0.3, 0.4) is 0 Å². The second-order valence-electron chi connectivity index (χ2n) is 13.9.